The number of hydrogen-bond donors (Lipinski definition) is 1. The molecule has 84 valence electrons. The maximum atomic E-state index is 6.04. The maximum absolute atomic E-state index is 6.04. The van der Waals surface area contributed by atoms with Crippen molar-refractivity contribution < 1.29 is 0 Å². The Morgan fingerprint density at radius 1 is 1.43 bits per heavy atom. The zero-order chi connectivity index (χ0) is 10.6. The Kier molecular flexibility index (Phi) is 4.90. The van der Waals surface area contributed by atoms with Crippen molar-refractivity contribution in [1.82, 2.24) is 4.90 Å². The third-order valence-electron chi connectivity index (χ3n) is 3.38. The monoisotopic (exact) mass is 198 g/mol. The maximum Gasteiger partial charge on any atom is 0.00740 e. The molecule has 2 N–H and O–H groups in total. The Bertz CT molecular complexity index is 156. The van der Waals surface area contributed by atoms with E-state index >= 15 is 0 Å². The van der Waals surface area contributed by atoms with Crippen molar-refractivity contribution in [2.75, 3.05) is 19.6 Å². The Labute approximate surface area is 88.8 Å². The predicted molar refractivity (Wildman–Crippen MR) is 62.3 cm³/mol. The zero-order valence-electron chi connectivity index (χ0n) is 10.00. The van der Waals surface area contributed by atoms with Crippen LogP contribution < -0.4 is 5.73 Å². The second-order valence-corrected chi connectivity index (χ2v) is 5.24. The van der Waals surface area contributed by atoms with Crippen molar-refractivity contribution in [3.8, 4) is 0 Å². The molecule has 2 atom stereocenters. The summed E-state index contributed by atoms with van der Waals surface area (Å²) in [5.74, 6) is 1.51. The molecule has 2 unspecified atom stereocenters. The molecular formula is C12H26N2. The largest absolute Gasteiger partial charge is 0.327 e. The molecule has 0 aromatic carbocycles. The molecule has 0 radical (unpaired) electrons. The van der Waals surface area contributed by atoms with E-state index in [0.29, 0.717) is 12.0 Å². The van der Waals surface area contributed by atoms with Gasteiger partial charge in [0.25, 0.3) is 0 Å². The molecule has 0 bridgehead atoms. The Morgan fingerprint density at radius 3 is 2.71 bits per heavy atom. The van der Waals surface area contributed by atoms with E-state index in [9.17, 15) is 0 Å². The molecule has 1 saturated heterocycles. The van der Waals surface area contributed by atoms with Crippen molar-refractivity contribution in [3.63, 3.8) is 0 Å². The first-order valence-electron chi connectivity index (χ1n) is 6.07. The van der Waals surface area contributed by atoms with Gasteiger partial charge in [-0.05, 0) is 44.2 Å². The number of hydrogen-bond acceptors (Lipinski definition) is 2. The van der Waals surface area contributed by atoms with E-state index in [4.69, 9.17) is 5.73 Å². The van der Waals surface area contributed by atoms with Crippen LogP contribution in [0.3, 0.4) is 0 Å². The molecule has 1 aliphatic rings. The van der Waals surface area contributed by atoms with Gasteiger partial charge in [0.1, 0.15) is 0 Å². The van der Waals surface area contributed by atoms with Crippen LogP contribution >= 0.6 is 0 Å². The number of rotatable bonds is 4. The Morgan fingerprint density at radius 2 is 2.14 bits per heavy atom. The Balaban J connectivity index is 2.17. The van der Waals surface area contributed by atoms with Crippen LogP contribution in [0.5, 0.6) is 0 Å². The van der Waals surface area contributed by atoms with Gasteiger partial charge < -0.3 is 10.6 Å². The molecule has 0 amide bonds. The van der Waals surface area contributed by atoms with Crippen LogP contribution in [0.1, 0.15) is 40.0 Å². The van der Waals surface area contributed by atoms with Gasteiger partial charge in [-0.2, -0.15) is 0 Å². The number of likely N-dealkylation sites (tertiary alicyclic amines) is 1. The molecule has 0 aromatic heterocycles. The van der Waals surface area contributed by atoms with Crippen molar-refractivity contribution in [3.05, 3.63) is 0 Å². The van der Waals surface area contributed by atoms with Gasteiger partial charge >= 0.3 is 0 Å². The molecule has 0 aromatic rings. The molecule has 1 fully saturated rings. The lowest BCUT2D eigenvalue weighted by Crippen LogP contribution is -2.38. The Hall–Kier alpha value is -0.0800. The summed E-state index contributed by atoms with van der Waals surface area (Å²) in [5, 5.41) is 0. The fourth-order valence-corrected chi connectivity index (χ4v) is 2.15. The highest BCUT2D eigenvalue weighted by molar-refractivity contribution is 4.73. The normalized spacial score (nSPS) is 26.8. The van der Waals surface area contributed by atoms with E-state index in [0.717, 1.165) is 12.3 Å². The molecule has 1 rings (SSSR count). The minimum Gasteiger partial charge on any atom is -0.327 e. The van der Waals surface area contributed by atoms with Crippen molar-refractivity contribution >= 4 is 0 Å². The van der Waals surface area contributed by atoms with Crippen molar-refractivity contribution in [2.45, 2.75) is 46.1 Å². The number of piperidine rings is 1. The second kappa shape index (κ2) is 5.72. The molecule has 0 spiro atoms. The fourth-order valence-electron chi connectivity index (χ4n) is 2.15. The lowest BCUT2D eigenvalue weighted by atomic mass is 9.98. The number of nitrogens with zero attached hydrogens (tertiary/aromatic N) is 1. The van der Waals surface area contributed by atoms with Crippen molar-refractivity contribution in [2.24, 2.45) is 17.6 Å². The van der Waals surface area contributed by atoms with Crippen molar-refractivity contribution in [1.29, 1.82) is 0 Å². The summed E-state index contributed by atoms with van der Waals surface area (Å²) in [6, 6.07) is 0.382. The summed E-state index contributed by atoms with van der Waals surface area (Å²) in [6.45, 7) is 10.5. The van der Waals surface area contributed by atoms with Gasteiger partial charge in [0, 0.05) is 12.6 Å². The van der Waals surface area contributed by atoms with Gasteiger partial charge in [0.2, 0.25) is 0 Å². The van der Waals surface area contributed by atoms with Gasteiger partial charge in [0.15, 0.2) is 0 Å². The second-order valence-electron chi connectivity index (χ2n) is 5.24. The fraction of sp³-hybridized carbons (Fsp3) is 1.00. The highest BCUT2D eigenvalue weighted by Crippen LogP contribution is 2.16. The summed E-state index contributed by atoms with van der Waals surface area (Å²) in [5.41, 5.74) is 6.04. The van der Waals surface area contributed by atoms with Gasteiger partial charge in [0.05, 0.1) is 0 Å². The number of nitrogens with two attached hydrogens (primary N) is 1. The molecule has 2 heteroatoms. The van der Waals surface area contributed by atoms with Crippen LogP contribution in [0, 0.1) is 11.8 Å². The average molecular weight is 198 g/mol. The third-order valence-corrected chi connectivity index (χ3v) is 3.38. The topological polar surface area (TPSA) is 29.3 Å². The minimum atomic E-state index is 0.382. The highest BCUT2D eigenvalue weighted by Gasteiger charge is 2.17. The van der Waals surface area contributed by atoms with E-state index < -0.39 is 0 Å². The average Bonchev–Trinajstić information content (AvgIpc) is 2.14. The third kappa shape index (κ3) is 3.97. The van der Waals surface area contributed by atoms with Gasteiger partial charge in [-0.1, -0.05) is 20.8 Å². The van der Waals surface area contributed by atoms with E-state index in [2.05, 4.69) is 25.7 Å². The lowest BCUT2D eigenvalue weighted by molar-refractivity contribution is 0.175. The SMILES string of the molecule is CC1CCCN(CCC(N)C(C)C)C1. The molecule has 1 aliphatic heterocycles. The van der Waals surface area contributed by atoms with Crippen LogP contribution in [-0.2, 0) is 0 Å². The van der Waals surface area contributed by atoms with Crippen LogP contribution in [0.4, 0.5) is 0 Å². The van der Waals surface area contributed by atoms with Crippen LogP contribution in [-0.4, -0.2) is 30.6 Å². The van der Waals surface area contributed by atoms with Crippen LogP contribution in [0.2, 0.25) is 0 Å². The van der Waals surface area contributed by atoms with Gasteiger partial charge in [-0.15, -0.1) is 0 Å². The summed E-state index contributed by atoms with van der Waals surface area (Å²) >= 11 is 0. The minimum absolute atomic E-state index is 0.382. The zero-order valence-corrected chi connectivity index (χ0v) is 10.00. The summed E-state index contributed by atoms with van der Waals surface area (Å²) < 4.78 is 0. The first kappa shape index (κ1) is 12.0. The molecule has 2 nitrogen and oxygen atoms in total. The van der Waals surface area contributed by atoms with Gasteiger partial charge in [-0.25, -0.2) is 0 Å². The summed E-state index contributed by atoms with van der Waals surface area (Å²) in [6.07, 6.45) is 3.94. The summed E-state index contributed by atoms with van der Waals surface area (Å²) in [7, 11) is 0. The smallest absolute Gasteiger partial charge is 0.00740 e. The van der Waals surface area contributed by atoms with E-state index in [1.54, 1.807) is 0 Å². The van der Waals surface area contributed by atoms with Crippen LogP contribution in [0.15, 0.2) is 0 Å². The van der Waals surface area contributed by atoms with Crippen LogP contribution in [0.25, 0.3) is 0 Å². The predicted octanol–water partition coefficient (Wildman–Crippen LogP) is 2.09. The first-order valence-corrected chi connectivity index (χ1v) is 6.07. The molecular weight excluding hydrogens is 172 g/mol. The highest BCUT2D eigenvalue weighted by atomic mass is 15.1. The van der Waals surface area contributed by atoms with E-state index in [1.165, 1.54) is 32.5 Å². The van der Waals surface area contributed by atoms with Gasteiger partial charge in [-0.3, -0.25) is 0 Å². The first-order chi connectivity index (χ1) is 6.59. The van der Waals surface area contributed by atoms with E-state index in [1.807, 2.05) is 0 Å². The standard InChI is InChI=1S/C12H26N2/c1-10(2)12(13)6-8-14-7-4-5-11(3)9-14/h10-12H,4-9,13H2,1-3H3. The molecule has 0 aliphatic carbocycles. The van der Waals surface area contributed by atoms with E-state index in [-0.39, 0.29) is 0 Å². The summed E-state index contributed by atoms with van der Waals surface area (Å²) in [4.78, 5) is 2.58. The lowest BCUT2D eigenvalue weighted by Gasteiger charge is -2.31. The molecule has 14 heavy (non-hydrogen) atoms. The molecule has 1 heterocycles. The quantitative estimate of drug-likeness (QED) is 0.749. The molecule has 0 saturated carbocycles.